The number of aliphatic carboxylic acids is 1. The van der Waals surface area contributed by atoms with Crippen molar-refractivity contribution < 1.29 is 24.2 Å². The molecule has 0 heterocycles. The topological polar surface area (TPSA) is 84.9 Å². The Labute approximate surface area is 123 Å². The summed E-state index contributed by atoms with van der Waals surface area (Å²) in [6, 6.07) is 5.29. The third-order valence-electron chi connectivity index (χ3n) is 3.80. The number of methoxy groups -OCH3 is 2. The Morgan fingerprint density at radius 1 is 1.24 bits per heavy atom. The molecule has 0 bridgehead atoms. The van der Waals surface area contributed by atoms with Crippen LogP contribution in [0.2, 0.25) is 0 Å². The molecule has 0 unspecified atom stereocenters. The Bertz CT molecular complexity index is 529. The molecule has 1 fully saturated rings. The first-order valence-electron chi connectivity index (χ1n) is 6.72. The summed E-state index contributed by atoms with van der Waals surface area (Å²) < 4.78 is 10.5. The third kappa shape index (κ3) is 3.26. The van der Waals surface area contributed by atoms with E-state index in [1.807, 2.05) is 0 Å². The zero-order valence-electron chi connectivity index (χ0n) is 12.1. The largest absolute Gasteiger partial charge is 0.496 e. The molecule has 0 aliphatic heterocycles. The molecule has 6 heteroatoms. The lowest BCUT2D eigenvalue weighted by Crippen LogP contribution is -2.35. The number of ether oxygens (including phenoxy) is 2. The highest BCUT2D eigenvalue weighted by atomic mass is 16.5. The highest BCUT2D eigenvalue weighted by Crippen LogP contribution is 2.45. The zero-order valence-corrected chi connectivity index (χ0v) is 12.1. The van der Waals surface area contributed by atoms with Gasteiger partial charge in [-0.2, -0.15) is 0 Å². The maximum absolute atomic E-state index is 12.0. The van der Waals surface area contributed by atoms with Crippen LogP contribution in [-0.4, -0.2) is 37.7 Å². The molecule has 1 aromatic rings. The number of rotatable bonds is 7. The van der Waals surface area contributed by atoms with Gasteiger partial charge in [0.05, 0.1) is 26.1 Å². The minimum absolute atomic E-state index is 0.0862. The number of amides is 1. The van der Waals surface area contributed by atoms with Crippen molar-refractivity contribution in [1.82, 2.24) is 5.32 Å². The van der Waals surface area contributed by atoms with Crippen LogP contribution in [0.25, 0.3) is 0 Å². The summed E-state index contributed by atoms with van der Waals surface area (Å²) in [5.74, 6) is 0.0516. The molecule has 2 N–H and O–H groups in total. The van der Waals surface area contributed by atoms with Crippen LogP contribution >= 0.6 is 0 Å². The molecule has 1 aromatic carbocycles. The monoisotopic (exact) mass is 293 g/mol. The number of benzene rings is 1. The highest BCUT2D eigenvalue weighted by Gasteiger charge is 2.50. The van der Waals surface area contributed by atoms with Crippen molar-refractivity contribution in [3.05, 3.63) is 23.8 Å². The second-order valence-corrected chi connectivity index (χ2v) is 5.18. The van der Waals surface area contributed by atoms with Gasteiger partial charge in [0, 0.05) is 12.1 Å². The molecule has 1 amide bonds. The molecule has 0 aromatic heterocycles. The Hall–Kier alpha value is -2.24. The fourth-order valence-corrected chi connectivity index (χ4v) is 2.21. The quantitative estimate of drug-likeness (QED) is 0.789. The summed E-state index contributed by atoms with van der Waals surface area (Å²) in [5.41, 5.74) is -0.110. The van der Waals surface area contributed by atoms with Gasteiger partial charge >= 0.3 is 5.97 Å². The van der Waals surface area contributed by atoms with E-state index >= 15 is 0 Å². The average Bonchev–Trinajstić information content (AvgIpc) is 3.26. The summed E-state index contributed by atoms with van der Waals surface area (Å²) >= 11 is 0. The molecule has 0 saturated heterocycles. The minimum Gasteiger partial charge on any atom is -0.496 e. The van der Waals surface area contributed by atoms with E-state index in [2.05, 4.69) is 5.32 Å². The van der Waals surface area contributed by atoms with E-state index in [0.717, 1.165) is 0 Å². The number of hydrogen-bond donors (Lipinski definition) is 2. The Morgan fingerprint density at radius 3 is 2.24 bits per heavy atom. The van der Waals surface area contributed by atoms with Crippen LogP contribution in [-0.2, 0) is 16.0 Å². The summed E-state index contributed by atoms with van der Waals surface area (Å²) in [6.45, 7) is 0.165. The minimum atomic E-state index is -0.849. The van der Waals surface area contributed by atoms with Crippen LogP contribution in [0.15, 0.2) is 18.2 Å². The van der Waals surface area contributed by atoms with Crippen molar-refractivity contribution in [3.8, 4) is 11.5 Å². The lowest BCUT2D eigenvalue weighted by molar-refractivity contribution is -0.143. The molecule has 0 radical (unpaired) electrons. The van der Waals surface area contributed by atoms with Crippen molar-refractivity contribution in [2.75, 3.05) is 20.8 Å². The van der Waals surface area contributed by atoms with Crippen LogP contribution < -0.4 is 14.8 Å². The maximum atomic E-state index is 12.0. The van der Waals surface area contributed by atoms with E-state index < -0.39 is 11.4 Å². The fourth-order valence-electron chi connectivity index (χ4n) is 2.21. The first kappa shape index (κ1) is 15.2. The SMILES string of the molecule is COc1cccc(OC)c1CC(=O)NCC1(C(=O)O)CC1. The van der Waals surface area contributed by atoms with E-state index in [1.165, 1.54) is 14.2 Å². The van der Waals surface area contributed by atoms with Crippen LogP contribution in [0.1, 0.15) is 18.4 Å². The van der Waals surface area contributed by atoms with E-state index in [-0.39, 0.29) is 18.9 Å². The number of hydrogen-bond acceptors (Lipinski definition) is 4. The first-order chi connectivity index (χ1) is 10.0. The third-order valence-corrected chi connectivity index (χ3v) is 3.80. The molecule has 1 aliphatic carbocycles. The lowest BCUT2D eigenvalue weighted by Gasteiger charge is -2.14. The molecule has 2 rings (SSSR count). The van der Waals surface area contributed by atoms with Crippen LogP contribution in [0.3, 0.4) is 0 Å². The van der Waals surface area contributed by atoms with Gasteiger partial charge in [-0.15, -0.1) is 0 Å². The molecule has 1 saturated carbocycles. The Kier molecular flexibility index (Phi) is 4.35. The summed E-state index contributed by atoms with van der Waals surface area (Å²) in [7, 11) is 3.06. The standard InChI is InChI=1S/C15H19NO5/c1-20-11-4-3-5-12(21-2)10(11)8-13(17)16-9-15(6-7-15)14(18)19/h3-5H,6-9H2,1-2H3,(H,16,17)(H,18,19). The average molecular weight is 293 g/mol. The summed E-state index contributed by atoms with van der Waals surface area (Å²) in [5, 5.41) is 11.8. The normalized spacial score (nSPS) is 15.1. The summed E-state index contributed by atoms with van der Waals surface area (Å²) in [4.78, 5) is 23.1. The number of carbonyl (C=O) groups excluding carboxylic acids is 1. The molecule has 6 nitrogen and oxygen atoms in total. The van der Waals surface area contributed by atoms with E-state index in [4.69, 9.17) is 14.6 Å². The van der Waals surface area contributed by atoms with Gasteiger partial charge in [-0.3, -0.25) is 9.59 Å². The molecule has 0 atom stereocenters. The van der Waals surface area contributed by atoms with Gasteiger partial charge in [-0.1, -0.05) is 6.07 Å². The first-order valence-corrected chi connectivity index (χ1v) is 6.72. The second-order valence-electron chi connectivity index (χ2n) is 5.18. The Morgan fingerprint density at radius 2 is 1.81 bits per heavy atom. The predicted molar refractivity (Wildman–Crippen MR) is 75.6 cm³/mol. The molecular weight excluding hydrogens is 274 g/mol. The van der Waals surface area contributed by atoms with Crippen molar-refractivity contribution >= 4 is 11.9 Å². The van der Waals surface area contributed by atoms with E-state index in [0.29, 0.717) is 29.9 Å². The van der Waals surface area contributed by atoms with Gasteiger partial charge in [0.2, 0.25) is 5.91 Å². The van der Waals surface area contributed by atoms with Gasteiger partial charge in [0.15, 0.2) is 0 Å². The number of carboxylic acid groups (broad SMARTS) is 1. The molecular formula is C15H19NO5. The van der Waals surface area contributed by atoms with E-state index in [9.17, 15) is 9.59 Å². The van der Waals surface area contributed by atoms with Crippen LogP contribution in [0.5, 0.6) is 11.5 Å². The second kappa shape index (κ2) is 6.03. The maximum Gasteiger partial charge on any atom is 0.311 e. The smallest absolute Gasteiger partial charge is 0.311 e. The van der Waals surface area contributed by atoms with Crippen molar-refractivity contribution in [3.63, 3.8) is 0 Å². The van der Waals surface area contributed by atoms with Gasteiger partial charge in [-0.25, -0.2) is 0 Å². The van der Waals surface area contributed by atoms with Crippen LogP contribution in [0, 0.1) is 5.41 Å². The van der Waals surface area contributed by atoms with Gasteiger partial charge in [0.25, 0.3) is 0 Å². The number of carbonyl (C=O) groups is 2. The van der Waals surface area contributed by atoms with Gasteiger partial charge in [-0.05, 0) is 25.0 Å². The highest BCUT2D eigenvalue weighted by molar-refractivity contribution is 5.83. The number of carboxylic acids is 1. The summed E-state index contributed by atoms with van der Waals surface area (Å²) in [6.07, 6.45) is 1.31. The predicted octanol–water partition coefficient (Wildman–Crippen LogP) is 1.23. The van der Waals surface area contributed by atoms with Gasteiger partial charge in [0.1, 0.15) is 11.5 Å². The molecule has 1 aliphatic rings. The van der Waals surface area contributed by atoms with Crippen molar-refractivity contribution in [2.24, 2.45) is 5.41 Å². The Balaban J connectivity index is 2.01. The zero-order chi connectivity index (χ0) is 15.5. The van der Waals surface area contributed by atoms with Crippen LogP contribution in [0.4, 0.5) is 0 Å². The molecule has 21 heavy (non-hydrogen) atoms. The fraction of sp³-hybridized carbons (Fsp3) is 0.467. The molecule has 114 valence electrons. The van der Waals surface area contributed by atoms with Crippen molar-refractivity contribution in [1.29, 1.82) is 0 Å². The van der Waals surface area contributed by atoms with Gasteiger partial charge < -0.3 is 19.9 Å². The van der Waals surface area contributed by atoms with Crippen molar-refractivity contribution in [2.45, 2.75) is 19.3 Å². The number of nitrogens with one attached hydrogen (secondary N) is 1. The molecule has 0 spiro atoms. The van der Waals surface area contributed by atoms with E-state index in [1.54, 1.807) is 18.2 Å². The lowest BCUT2D eigenvalue weighted by atomic mass is 10.1.